The third-order valence-electron chi connectivity index (χ3n) is 6.31. The maximum atomic E-state index is 13.7. The van der Waals surface area contributed by atoms with Crippen molar-refractivity contribution in [2.75, 3.05) is 10.2 Å². The van der Waals surface area contributed by atoms with Crippen LogP contribution in [-0.2, 0) is 13.1 Å². The normalized spacial score (nSPS) is 13.9. The van der Waals surface area contributed by atoms with Crippen LogP contribution in [0, 0.1) is 19.7 Å². The first-order chi connectivity index (χ1) is 16.2. The van der Waals surface area contributed by atoms with E-state index in [0.29, 0.717) is 40.5 Å². The van der Waals surface area contributed by atoms with Crippen LogP contribution >= 0.6 is 27.5 Å². The van der Waals surface area contributed by atoms with Gasteiger partial charge in [-0.2, -0.15) is 0 Å². The number of hydrogen-bond donors (Lipinski definition) is 1. The minimum Gasteiger partial charge on any atom is -0.440 e. The van der Waals surface area contributed by atoms with E-state index < -0.39 is 0 Å². The van der Waals surface area contributed by atoms with Gasteiger partial charge in [0.2, 0.25) is 5.88 Å². The summed E-state index contributed by atoms with van der Waals surface area (Å²) in [4.78, 5) is 15.4. The van der Waals surface area contributed by atoms with E-state index in [1.165, 1.54) is 6.07 Å². The molecule has 0 spiro atoms. The summed E-state index contributed by atoms with van der Waals surface area (Å²) < 4.78 is 21.1. The minimum atomic E-state index is -0.261. The van der Waals surface area contributed by atoms with Gasteiger partial charge in [0, 0.05) is 33.8 Å². The number of aryl methyl sites for hydroxylation is 1. The molecule has 4 nitrogen and oxygen atoms in total. The molecule has 0 aliphatic carbocycles. The molecule has 34 heavy (non-hydrogen) atoms. The van der Waals surface area contributed by atoms with Gasteiger partial charge in [-0.25, -0.2) is 4.39 Å². The first kappa shape index (κ1) is 22.9. The third kappa shape index (κ3) is 4.10. The molecular formula is C27H23BrClFN2O2. The Morgan fingerprint density at radius 3 is 2.62 bits per heavy atom. The summed E-state index contributed by atoms with van der Waals surface area (Å²) >= 11 is 9.65. The Labute approximate surface area is 210 Å². The molecule has 0 saturated heterocycles. The number of hydrogen-bond acceptors (Lipinski definition) is 4. The molecule has 5 rings (SSSR count). The predicted molar refractivity (Wildman–Crippen MR) is 139 cm³/mol. The largest absolute Gasteiger partial charge is 0.440 e. The monoisotopic (exact) mass is 540 g/mol. The Kier molecular flexibility index (Phi) is 5.90. The van der Waals surface area contributed by atoms with Crippen molar-refractivity contribution < 1.29 is 8.81 Å². The highest BCUT2D eigenvalue weighted by molar-refractivity contribution is 9.10. The molecule has 1 aromatic heterocycles. The fourth-order valence-corrected chi connectivity index (χ4v) is 5.40. The summed E-state index contributed by atoms with van der Waals surface area (Å²) in [5.41, 5.74) is 5.76. The molecule has 2 heterocycles. The van der Waals surface area contributed by atoms with Crippen LogP contribution in [-0.4, -0.2) is 0 Å². The van der Waals surface area contributed by atoms with E-state index in [9.17, 15) is 9.18 Å². The Morgan fingerprint density at radius 2 is 1.85 bits per heavy atom. The molecule has 1 N–H and O–H groups in total. The van der Waals surface area contributed by atoms with E-state index in [4.69, 9.17) is 16.0 Å². The quantitative estimate of drug-likeness (QED) is 0.288. The van der Waals surface area contributed by atoms with Crippen molar-refractivity contribution >= 4 is 50.1 Å². The number of nitrogens with zero attached hydrogens (tertiary/aromatic N) is 1. The SMILES string of the molecule is Cc1cc([C@H](C)Nc2ccc(Cl)cc2Br)c2oc(N3Cc4ccc(F)cc4C3)c(C)c(=O)c2c1. The molecule has 1 aliphatic rings. The van der Waals surface area contributed by atoms with Gasteiger partial charge in [0.1, 0.15) is 11.4 Å². The van der Waals surface area contributed by atoms with Crippen molar-refractivity contribution in [1.29, 1.82) is 0 Å². The molecule has 4 aromatic rings. The topological polar surface area (TPSA) is 45.5 Å². The van der Waals surface area contributed by atoms with E-state index in [-0.39, 0.29) is 17.3 Å². The maximum absolute atomic E-state index is 13.7. The van der Waals surface area contributed by atoms with Crippen LogP contribution in [0.4, 0.5) is 16.0 Å². The number of rotatable bonds is 4. The summed E-state index contributed by atoms with van der Waals surface area (Å²) in [5.74, 6) is 0.266. The molecular weight excluding hydrogens is 519 g/mol. The fourth-order valence-electron chi connectivity index (χ4n) is 4.60. The van der Waals surface area contributed by atoms with Gasteiger partial charge in [0.15, 0.2) is 5.43 Å². The van der Waals surface area contributed by atoms with Crippen LogP contribution in [0.15, 0.2) is 62.2 Å². The van der Waals surface area contributed by atoms with Crippen LogP contribution in [0.2, 0.25) is 5.02 Å². The first-order valence-corrected chi connectivity index (χ1v) is 12.2. The van der Waals surface area contributed by atoms with Crippen LogP contribution in [0.1, 0.15) is 40.8 Å². The Balaban J connectivity index is 1.59. The minimum absolute atomic E-state index is 0.0526. The van der Waals surface area contributed by atoms with E-state index in [2.05, 4.69) is 21.2 Å². The molecule has 174 valence electrons. The highest BCUT2D eigenvalue weighted by Crippen LogP contribution is 2.36. The number of benzene rings is 3. The molecule has 1 aliphatic heterocycles. The van der Waals surface area contributed by atoms with Gasteiger partial charge < -0.3 is 14.6 Å². The lowest BCUT2D eigenvalue weighted by Gasteiger charge is -2.22. The van der Waals surface area contributed by atoms with Crippen LogP contribution in [0.25, 0.3) is 11.0 Å². The van der Waals surface area contributed by atoms with Crippen molar-refractivity contribution in [3.05, 3.63) is 102 Å². The van der Waals surface area contributed by atoms with E-state index in [1.54, 1.807) is 19.1 Å². The molecule has 1 atom stereocenters. The summed E-state index contributed by atoms with van der Waals surface area (Å²) in [7, 11) is 0. The number of halogens is 3. The predicted octanol–water partition coefficient (Wildman–Crippen LogP) is 7.66. The molecule has 0 radical (unpaired) electrons. The Bertz CT molecular complexity index is 1500. The summed E-state index contributed by atoms with van der Waals surface area (Å²) in [6.45, 7) is 6.86. The average Bonchev–Trinajstić information content (AvgIpc) is 3.20. The molecule has 0 amide bonds. The van der Waals surface area contributed by atoms with Gasteiger partial charge in [-0.3, -0.25) is 4.79 Å². The summed E-state index contributed by atoms with van der Waals surface area (Å²) in [6.07, 6.45) is 0. The standard InChI is InChI=1S/C27H23BrClFN2O2/c1-14-8-21(16(3)31-24-7-5-19(29)11-23(24)28)26-22(9-14)25(33)15(2)27(34-26)32-12-17-4-6-20(30)10-18(17)13-32/h4-11,16,31H,12-13H2,1-3H3/t16-/m0/s1. The van der Waals surface area contributed by atoms with Gasteiger partial charge in [-0.05, 0) is 89.8 Å². The summed E-state index contributed by atoms with van der Waals surface area (Å²) in [5, 5.41) is 4.69. The van der Waals surface area contributed by atoms with Gasteiger partial charge in [0.05, 0.1) is 17.0 Å². The van der Waals surface area contributed by atoms with Crippen molar-refractivity contribution in [2.24, 2.45) is 0 Å². The van der Waals surface area contributed by atoms with E-state index >= 15 is 0 Å². The molecule has 3 aromatic carbocycles. The van der Waals surface area contributed by atoms with E-state index in [1.807, 2.05) is 49.1 Å². The zero-order chi connectivity index (χ0) is 24.1. The highest BCUT2D eigenvalue weighted by atomic mass is 79.9. The molecule has 0 fully saturated rings. The molecule has 0 bridgehead atoms. The summed E-state index contributed by atoms with van der Waals surface area (Å²) in [6, 6.07) is 14.1. The van der Waals surface area contributed by atoms with Gasteiger partial charge in [0.25, 0.3) is 0 Å². The second kappa shape index (κ2) is 8.75. The lowest BCUT2D eigenvalue weighted by Crippen LogP contribution is -2.20. The zero-order valence-electron chi connectivity index (χ0n) is 19.0. The highest BCUT2D eigenvalue weighted by Gasteiger charge is 2.26. The van der Waals surface area contributed by atoms with Gasteiger partial charge >= 0.3 is 0 Å². The molecule has 0 unspecified atom stereocenters. The van der Waals surface area contributed by atoms with Gasteiger partial charge in [-0.1, -0.05) is 23.7 Å². The van der Waals surface area contributed by atoms with Crippen molar-refractivity contribution in [1.82, 2.24) is 0 Å². The average molecular weight is 542 g/mol. The second-order valence-electron chi connectivity index (χ2n) is 8.85. The van der Waals surface area contributed by atoms with Gasteiger partial charge in [-0.15, -0.1) is 0 Å². The number of anilines is 2. The van der Waals surface area contributed by atoms with Crippen LogP contribution in [0.3, 0.4) is 0 Å². The van der Waals surface area contributed by atoms with Crippen LogP contribution in [0.5, 0.6) is 0 Å². The second-order valence-corrected chi connectivity index (χ2v) is 10.1. The van der Waals surface area contributed by atoms with Crippen molar-refractivity contribution in [3.8, 4) is 0 Å². The lowest BCUT2D eigenvalue weighted by molar-refractivity contribution is 0.565. The fraction of sp³-hybridized carbons (Fsp3) is 0.222. The third-order valence-corrected chi connectivity index (χ3v) is 7.21. The maximum Gasteiger partial charge on any atom is 0.203 e. The van der Waals surface area contributed by atoms with E-state index in [0.717, 1.165) is 32.4 Å². The first-order valence-electron chi connectivity index (χ1n) is 11.0. The molecule has 0 saturated carbocycles. The number of fused-ring (bicyclic) bond motifs is 2. The zero-order valence-corrected chi connectivity index (χ0v) is 21.3. The smallest absolute Gasteiger partial charge is 0.203 e. The molecule has 7 heteroatoms. The number of nitrogens with one attached hydrogen (secondary N) is 1. The van der Waals surface area contributed by atoms with Crippen LogP contribution < -0.4 is 15.6 Å². The lowest BCUT2D eigenvalue weighted by atomic mass is 10.00. The van der Waals surface area contributed by atoms with Crippen molar-refractivity contribution in [2.45, 2.75) is 39.9 Å². The van der Waals surface area contributed by atoms with Crippen molar-refractivity contribution in [3.63, 3.8) is 0 Å². The Morgan fingerprint density at radius 1 is 1.09 bits per heavy atom. The Hall–Kier alpha value is -2.83.